The van der Waals surface area contributed by atoms with E-state index in [0.717, 1.165) is 11.1 Å². The van der Waals surface area contributed by atoms with Crippen molar-refractivity contribution in [1.29, 1.82) is 0 Å². The Bertz CT molecular complexity index is 972. The molecule has 0 bridgehead atoms. The summed E-state index contributed by atoms with van der Waals surface area (Å²) in [5, 5.41) is 0. The van der Waals surface area contributed by atoms with Crippen molar-refractivity contribution in [3.05, 3.63) is 90.0 Å². The highest BCUT2D eigenvalue weighted by Crippen LogP contribution is 2.28. The summed E-state index contributed by atoms with van der Waals surface area (Å²) in [5.41, 5.74) is 1.81. The van der Waals surface area contributed by atoms with Crippen LogP contribution in [-0.2, 0) is 14.8 Å². The van der Waals surface area contributed by atoms with E-state index in [4.69, 9.17) is 0 Å². The summed E-state index contributed by atoms with van der Waals surface area (Å²) in [6, 6.07) is 15.9. The van der Waals surface area contributed by atoms with Gasteiger partial charge in [-0.1, -0.05) is 66.3 Å². The van der Waals surface area contributed by atoms with Gasteiger partial charge in [0.25, 0.3) is 10.0 Å². The standard InChI is InChI=1S/C21H19NO3S/c1-16-11-13-18(14-12-16)26(24,25)22-15-20(17-7-3-2-4-8-17)19-9-5-6-10-21(19)23/h2-15,19-20H,1H3. The van der Waals surface area contributed by atoms with E-state index in [0.29, 0.717) is 0 Å². The van der Waals surface area contributed by atoms with E-state index in [1.54, 1.807) is 30.4 Å². The lowest BCUT2D eigenvalue weighted by Crippen LogP contribution is -2.22. The quantitative estimate of drug-likeness (QED) is 0.756. The van der Waals surface area contributed by atoms with E-state index in [1.807, 2.05) is 37.3 Å². The molecule has 0 fully saturated rings. The van der Waals surface area contributed by atoms with Crippen LogP contribution in [0.1, 0.15) is 17.0 Å². The smallest absolute Gasteiger partial charge is 0.281 e. The van der Waals surface area contributed by atoms with Gasteiger partial charge in [-0.25, -0.2) is 0 Å². The molecule has 26 heavy (non-hydrogen) atoms. The Kier molecular flexibility index (Phi) is 5.28. The van der Waals surface area contributed by atoms with Crippen molar-refractivity contribution in [3.8, 4) is 0 Å². The van der Waals surface area contributed by atoms with Gasteiger partial charge in [0.05, 0.1) is 10.8 Å². The molecule has 2 aromatic rings. The zero-order valence-corrected chi connectivity index (χ0v) is 15.1. The van der Waals surface area contributed by atoms with E-state index < -0.39 is 21.9 Å². The average molecular weight is 365 g/mol. The molecule has 2 aromatic carbocycles. The van der Waals surface area contributed by atoms with Crippen LogP contribution in [0.15, 0.2) is 88.2 Å². The molecule has 2 unspecified atom stereocenters. The highest BCUT2D eigenvalue weighted by atomic mass is 32.2. The SMILES string of the molecule is Cc1ccc(S(=O)(=O)N=CC(c2ccccc2)C2C=CC=CC2=O)cc1. The third kappa shape index (κ3) is 4.06. The van der Waals surface area contributed by atoms with Crippen LogP contribution in [0.5, 0.6) is 0 Å². The van der Waals surface area contributed by atoms with E-state index in [1.165, 1.54) is 24.4 Å². The third-order valence-electron chi connectivity index (χ3n) is 4.27. The zero-order valence-electron chi connectivity index (χ0n) is 14.3. The molecule has 1 aliphatic rings. The van der Waals surface area contributed by atoms with Crippen molar-refractivity contribution >= 4 is 22.0 Å². The normalized spacial score (nSPS) is 18.3. The first-order valence-corrected chi connectivity index (χ1v) is 9.72. The number of carbonyl (C=O) groups is 1. The number of aryl methyl sites for hydroxylation is 1. The largest absolute Gasteiger partial charge is 0.294 e. The molecular formula is C21H19NO3S. The van der Waals surface area contributed by atoms with Gasteiger partial charge < -0.3 is 0 Å². The van der Waals surface area contributed by atoms with Gasteiger partial charge in [0.15, 0.2) is 5.78 Å². The Morgan fingerprint density at radius 1 is 1.00 bits per heavy atom. The summed E-state index contributed by atoms with van der Waals surface area (Å²) >= 11 is 0. The molecule has 132 valence electrons. The number of rotatable bonds is 5. The summed E-state index contributed by atoms with van der Waals surface area (Å²) in [4.78, 5) is 12.4. The summed E-state index contributed by atoms with van der Waals surface area (Å²) < 4.78 is 28.9. The first kappa shape index (κ1) is 18.0. The molecule has 0 heterocycles. The van der Waals surface area contributed by atoms with Gasteiger partial charge in [-0.15, -0.1) is 0 Å². The second-order valence-electron chi connectivity index (χ2n) is 6.15. The highest BCUT2D eigenvalue weighted by Gasteiger charge is 2.26. The maximum atomic E-state index is 12.5. The minimum Gasteiger partial charge on any atom is -0.294 e. The van der Waals surface area contributed by atoms with Crippen LogP contribution in [0.4, 0.5) is 0 Å². The maximum Gasteiger partial charge on any atom is 0.281 e. The Morgan fingerprint density at radius 3 is 2.35 bits per heavy atom. The highest BCUT2D eigenvalue weighted by molar-refractivity contribution is 7.90. The Hall–Kier alpha value is -2.79. The lowest BCUT2D eigenvalue weighted by molar-refractivity contribution is -0.117. The van der Waals surface area contributed by atoms with Crippen molar-refractivity contribution < 1.29 is 13.2 Å². The molecule has 1 aliphatic carbocycles. The molecule has 0 N–H and O–H groups in total. The zero-order chi connectivity index (χ0) is 18.6. The number of nitrogens with zero attached hydrogens (tertiary/aromatic N) is 1. The van der Waals surface area contributed by atoms with E-state index in [2.05, 4.69) is 4.40 Å². The molecule has 0 saturated heterocycles. The monoisotopic (exact) mass is 365 g/mol. The maximum absolute atomic E-state index is 12.5. The minimum absolute atomic E-state index is 0.0689. The fourth-order valence-electron chi connectivity index (χ4n) is 2.82. The first-order valence-electron chi connectivity index (χ1n) is 8.28. The average Bonchev–Trinajstić information content (AvgIpc) is 2.64. The molecule has 0 saturated carbocycles. The van der Waals surface area contributed by atoms with E-state index in [-0.39, 0.29) is 10.7 Å². The van der Waals surface area contributed by atoms with Gasteiger partial charge in [0.1, 0.15) is 0 Å². The van der Waals surface area contributed by atoms with E-state index in [9.17, 15) is 13.2 Å². The molecule has 0 aromatic heterocycles. The van der Waals surface area contributed by atoms with Crippen molar-refractivity contribution in [3.63, 3.8) is 0 Å². The number of ketones is 1. The van der Waals surface area contributed by atoms with Crippen molar-refractivity contribution in [2.45, 2.75) is 17.7 Å². The van der Waals surface area contributed by atoms with Crippen LogP contribution < -0.4 is 0 Å². The molecule has 0 aliphatic heterocycles. The van der Waals surface area contributed by atoms with Crippen molar-refractivity contribution in [1.82, 2.24) is 0 Å². The second-order valence-corrected chi connectivity index (χ2v) is 7.78. The molecule has 0 radical (unpaired) electrons. The van der Waals surface area contributed by atoms with Gasteiger partial charge >= 0.3 is 0 Å². The van der Waals surface area contributed by atoms with Gasteiger partial charge in [0, 0.05) is 12.1 Å². The van der Waals surface area contributed by atoms with Crippen molar-refractivity contribution in [2.75, 3.05) is 0 Å². The van der Waals surface area contributed by atoms with Crippen LogP contribution in [0, 0.1) is 12.8 Å². The molecule has 5 heteroatoms. The predicted molar refractivity (Wildman–Crippen MR) is 103 cm³/mol. The van der Waals surface area contributed by atoms with Crippen molar-refractivity contribution in [2.24, 2.45) is 10.3 Å². The lowest BCUT2D eigenvalue weighted by atomic mass is 9.82. The number of allylic oxidation sites excluding steroid dienone is 4. The summed E-state index contributed by atoms with van der Waals surface area (Å²) in [6.07, 6.45) is 8.13. The Labute approximate surface area is 153 Å². The third-order valence-corrected chi connectivity index (χ3v) is 5.54. The Morgan fingerprint density at radius 2 is 1.69 bits per heavy atom. The van der Waals surface area contributed by atoms with Crippen LogP contribution in [0.25, 0.3) is 0 Å². The number of hydrogen-bond donors (Lipinski definition) is 0. The van der Waals surface area contributed by atoms with Crippen LogP contribution in [0.2, 0.25) is 0 Å². The van der Waals surface area contributed by atoms with Gasteiger partial charge in [-0.3, -0.25) is 4.79 Å². The fourth-order valence-corrected chi connectivity index (χ4v) is 3.71. The summed E-state index contributed by atoms with van der Waals surface area (Å²) in [6.45, 7) is 1.89. The summed E-state index contributed by atoms with van der Waals surface area (Å²) in [5.74, 6) is -0.995. The van der Waals surface area contributed by atoms with Gasteiger partial charge in [-0.2, -0.15) is 12.8 Å². The number of sulfonamides is 1. The lowest BCUT2D eigenvalue weighted by Gasteiger charge is -2.21. The molecule has 0 amide bonds. The first-order chi connectivity index (χ1) is 12.5. The number of carbonyl (C=O) groups excluding carboxylic acids is 1. The second kappa shape index (κ2) is 7.62. The topological polar surface area (TPSA) is 63.6 Å². The minimum atomic E-state index is -3.82. The molecule has 3 rings (SSSR count). The predicted octanol–water partition coefficient (Wildman–Crippen LogP) is 3.85. The van der Waals surface area contributed by atoms with Crippen LogP contribution >= 0.6 is 0 Å². The Balaban J connectivity index is 1.96. The number of benzene rings is 2. The van der Waals surface area contributed by atoms with E-state index >= 15 is 0 Å². The van der Waals surface area contributed by atoms with Gasteiger partial charge in [0.2, 0.25) is 0 Å². The molecule has 0 spiro atoms. The molecule has 2 atom stereocenters. The molecular weight excluding hydrogens is 346 g/mol. The van der Waals surface area contributed by atoms with Gasteiger partial charge in [-0.05, 0) is 30.7 Å². The van der Waals surface area contributed by atoms with Crippen LogP contribution in [-0.4, -0.2) is 20.4 Å². The van der Waals surface area contributed by atoms with Crippen LogP contribution in [0.3, 0.4) is 0 Å². The number of hydrogen-bond acceptors (Lipinski definition) is 3. The summed E-state index contributed by atoms with van der Waals surface area (Å²) in [7, 11) is -3.82. The molecule has 4 nitrogen and oxygen atoms in total. The fraction of sp³-hybridized carbons (Fsp3) is 0.143.